The number of hydrogen-bond donors (Lipinski definition) is 1. The highest BCUT2D eigenvalue weighted by atomic mass is 16.5. The lowest BCUT2D eigenvalue weighted by Crippen LogP contribution is -2.46. The summed E-state index contributed by atoms with van der Waals surface area (Å²) in [5.41, 5.74) is 1.44. The molecule has 3 aromatic rings. The highest BCUT2D eigenvalue weighted by Gasteiger charge is 2.53. The van der Waals surface area contributed by atoms with E-state index in [1.165, 1.54) is 4.90 Å². The second-order valence-electron chi connectivity index (χ2n) is 8.94. The van der Waals surface area contributed by atoms with Crippen molar-refractivity contribution in [2.75, 3.05) is 44.9 Å². The molecule has 7 nitrogen and oxygen atoms in total. The summed E-state index contributed by atoms with van der Waals surface area (Å²) in [6.07, 6.45) is 0.943. The first-order chi connectivity index (χ1) is 17.1. The molecular formula is C28H30N4O3. The van der Waals surface area contributed by atoms with Crippen LogP contribution in [0, 0.1) is 0 Å². The molecule has 2 aliphatic rings. The Hall–Kier alpha value is -3.84. The van der Waals surface area contributed by atoms with Gasteiger partial charge in [-0.25, -0.2) is 9.69 Å². The number of anilines is 1. The molecule has 0 saturated carbocycles. The Morgan fingerprint density at radius 2 is 1.43 bits per heavy atom. The zero-order valence-electron chi connectivity index (χ0n) is 19.9. The fraction of sp³-hybridized carbons (Fsp3) is 0.286. The van der Waals surface area contributed by atoms with Crippen LogP contribution < -0.4 is 15.0 Å². The quantitative estimate of drug-likeness (QED) is 0.557. The van der Waals surface area contributed by atoms with Gasteiger partial charge in [0.2, 0.25) is 0 Å². The van der Waals surface area contributed by atoms with Gasteiger partial charge >= 0.3 is 6.03 Å². The average Bonchev–Trinajstić information content (AvgIpc) is 3.05. The molecule has 2 aliphatic heterocycles. The lowest BCUT2D eigenvalue weighted by Gasteiger charge is -2.29. The molecule has 0 radical (unpaired) electrons. The largest absolute Gasteiger partial charge is 0.497 e. The van der Waals surface area contributed by atoms with Crippen molar-refractivity contribution in [1.29, 1.82) is 0 Å². The number of hydrogen-bond acceptors (Lipinski definition) is 5. The van der Waals surface area contributed by atoms with Gasteiger partial charge in [0.15, 0.2) is 5.54 Å². The van der Waals surface area contributed by atoms with E-state index in [9.17, 15) is 9.59 Å². The summed E-state index contributed by atoms with van der Waals surface area (Å²) in [7, 11) is 1.67. The maximum absolute atomic E-state index is 13.9. The smallest absolute Gasteiger partial charge is 0.326 e. The maximum Gasteiger partial charge on any atom is 0.326 e. The van der Waals surface area contributed by atoms with Crippen LogP contribution in [0.25, 0.3) is 0 Å². The summed E-state index contributed by atoms with van der Waals surface area (Å²) < 4.78 is 5.27. The van der Waals surface area contributed by atoms with Crippen LogP contribution >= 0.6 is 0 Å². The number of methoxy groups -OCH3 is 1. The van der Waals surface area contributed by atoms with Gasteiger partial charge in [0.1, 0.15) is 5.75 Å². The Morgan fingerprint density at radius 1 is 0.800 bits per heavy atom. The lowest BCUT2D eigenvalue weighted by atomic mass is 9.83. The van der Waals surface area contributed by atoms with Crippen molar-refractivity contribution in [2.45, 2.75) is 12.0 Å². The molecule has 180 valence electrons. The van der Waals surface area contributed by atoms with Crippen molar-refractivity contribution in [3.8, 4) is 5.75 Å². The second-order valence-corrected chi connectivity index (χ2v) is 8.94. The topological polar surface area (TPSA) is 65.1 Å². The minimum atomic E-state index is -1.22. The number of urea groups is 1. The number of rotatable bonds is 6. The Bertz CT molecular complexity index is 1130. The molecule has 0 bridgehead atoms. The molecule has 7 heteroatoms. The summed E-state index contributed by atoms with van der Waals surface area (Å²) in [4.78, 5) is 33.0. The first kappa shape index (κ1) is 22.9. The van der Waals surface area contributed by atoms with E-state index in [4.69, 9.17) is 4.74 Å². The van der Waals surface area contributed by atoms with Crippen LogP contribution in [0.15, 0.2) is 84.9 Å². The Balaban J connectivity index is 1.34. The highest BCUT2D eigenvalue weighted by Crippen LogP contribution is 2.36. The van der Waals surface area contributed by atoms with Crippen molar-refractivity contribution < 1.29 is 14.3 Å². The van der Waals surface area contributed by atoms with Crippen molar-refractivity contribution in [3.63, 3.8) is 0 Å². The van der Waals surface area contributed by atoms with Crippen LogP contribution in [0.1, 0.15) is 17.5 Å². The zero-order chi connectivity index (χ0) is 24.3. The molecule has 1 N–H and O–H groups in total. The summed E-state index contributed by atoms with van der Waals surface area (Å²) in [5.74, 6) is 0.597. The van der Waals surface area contributed by atoms with E-state index in [-0.39, 0.29) is 18.6 Å². The van der Waals surface area contributed by atoms with Crippen molar-refractivity contribution in [2.24, 2.45) is 0 Å². The molecule has 0 spiro atoms. The van der Waals surface area contributed by atoms with E-state index < -0.39 is 5.54 Å². The number of nitrogens with zero attached hydrogens (tertiary/aromatic N) is 3. The van der Waals surface area contributed by atoms with E-state index >= 15 is 0 Å². The van der Waals surface area contributed by atoms with Crippen LogP contribution in [-0.2, 0) is 10.3 Å². The van der Waals surface area contributed by atoms with Crippen LogP contribution in [0.5, 0.6) is 5.75 Å². The Morgan fingerprint density at radius 3 is 2.03 bits per heavy atom. The molecule has 0 atom stereocenters. The standard InChI is InChI=1S/C28H30N4O3/c1-35-25-15-13-24(14-16-25)31-18-8-17-30(19-20-31)21-32-26(33)28(29-27(32)34,22-9-4-2-5-10-22)23-11-6-3-7-12-23/h2-7,9-16H,8,17-21H2,1H3,(H,29,34). The molecule has 0 unspecified atom stereocenters. The van der Waals surface area contributed by atoms with Gasteiger partial charge in [0.25, 0.3) is 5.91 Å². The van der Waals surface area contributed by atoms with Gasteiger partial charge in [0.05, 0.1) is 13.8 Å². The number of carbonyl (C=O) groups excluding carboxylic acids is 2. The number of imide groups is 1. The number of nitrogens with one attached hydrogen (secondary N) is 1. The van der Waals surface area contributed by atoms with Crippen LogP contribution in [0.4, 0.5) is 10.5 Å². The molecule has 3 aromatic carbocycles. The first-order valence-electron chi connectivity index (χ1n) is 12.0. The van der Waals surface area contributed by atoms with Gasteiger partial charge in [0, 0.05) is 31.9 Å². The van der Waals surface area contributed by atoms with Crippen molar-refractivity contribution in [3.05, 3.63) is 96.1 Å². The van der Waals surface area contributed by atoms with E-state index in [1.807, 2.05) is 72.8 Å². The van der Waals surface area contributed by atoms with Gasteiger partial charge < -0.3 is 15.0 Å². The molecule has 2 heterocycles. The predicted molar refractivity (Wildman–Crippen MR) is 135 cm³/mol. The SMILES string of the molecule is COc1ccc(N2CCCN(CN3C(=O)NC(c4ccccc4)(c4ccccc4)C3=O)CC2)cc1. The molecule has 3 amide bonds. The van der Waals surface area contributed by atoms with Crippen LogP contribution in [0.2, 0.25) is 0 Å². The fourth-order valence-electron chi connectivity index (χ4n) is 5.00. The van der Waals surface area contributed by atoms with Crippen LogP contribution in [-0.4, -0.2) is 61.7 Å². The molecule has 2 fully saturated rings. The van der Waals surface area contributed by atoms with Crippen LogP contribution in [0.3, 0.4) is 0 Å². The first-order valence-corrected chi connectivity index (χ1v) is 12.0. The van der Waals surface area contributed by atoms with Gasteiger partial charge in [-0.1, -0.05) is 60.7 Å². The molecule has 2 saturated heterocycles. The lowest BCUT2D eigenvalue weighted by molar-refractivity contribution is -0.131. The summed E-state index contributed by atoms with van der Waals surface area (Å²) in [6.45, 7) is 3.57. The molecule has 35 heavy (non-hydrogen) atoms. The fourth-order valence-corrected chi connectivity index (χ4v) is 5.00. The molecule has 0 aliphatic carbocycles. The Kier molecular flexibility index (Phi) is 6.42. The zero-order valence-corrected chi connectivity index (χ0v) is 19.9. The summed E-state index contributed by atoms with van der Waals surface area (Å²) in [5, 5.41) is 3.04. The minimum absolute atomic E-state index is 0.240. The normalized spacial score (nSPS) is 18.3. The molecule has 5 rings (SSSR count). The van der Waals surface area contributed by atoms with Gasteiger partial charge in [-0.05, 0) is 41.8 Å². The third kappa shape index (κ3) is 4.35. The summed E-state index contributed by atoms with van der Waals surface area (Å²) in [6, 6.07) is 26.7. The van der Waals surface area contributed by atoms with Crippen molar-refractivity contribution in [1.82, 2.24) is 15.1 Å². The van der Waals surface area contributed by atoms with E-state index in [1.54, 1.807) is 7.11 Å². The number of ether oxygens (including phenoxy) is 1. The second kappa shape index (κ2) is 9.80. The number of amides is 3. The summed E-state index contributed by atoms with van der Waals surface area (Å²) >= 11 is 0. The third-order valence-corrected chi connectivity index (χ3v) is 6.89. The molecule has 0 aromatic heterocycles. The monoisotopic (exact) mass is 470 g/mol. The third-order valence-electron chi connectivity index (χ3n) is 6.89. The minimum Gasteiger partial charge on any atom is -0.497 e. The van der Waals surface area contributed by atoms with E-state index in [0.717, 1.165) is 55.2 Å². The van der Waals surface area contributed by atoms with Gasteiger partial charge in [-0.3, -0.25) is 9.69 Å². The number of carbonyl (C=O) groups is 2. The highest BCUT2D eigenvalue weighted by molar-refractivity contribution is 6.09. The maximum atomic E-state index is 13.9. The average molecular weight is 471 g/mol. The van der Waals surface area contributed by atoms with Crippen molar-refractivity contribution >= 4 is 17.6 Å². The van der Waals surface area contributed by atoms with E-state index in [2.05, 4.69) is 27.2 Å². The number of benzene rings is 3. The molecular weight excluding hydrogens is 440 g/mol. The van der Waals surface area contributed by atoms with Gasteiger partial charge in [-0.2, -0.15) is 0 Å². The Labute approximate surface area is 205 Å². The van der Waals surface area contributed by atoms with E-state index in [0.29, 0.717) is 0 Å². The van der Waals surface area contributed by atoms with Gasteiger partial charge in [-0.15, -0.1) is 0 Å². The predicted octanol–water partition coefficient (Wildman–Crippen LogP) is 3.66.